The third-order valence-electron chi connectivity index (χ3n) is 2.91. The van der Waals surface area contributed by atoms with Crippen LogP contribution in [-0.2, 0) is 0 Å². The van der Waals surface area contributed by atoms with E-state index in [2.05, 4.69) is 18.3 Å². The first-order valence-corrected chi connectivity index (χ1v) is 6.01. The van der Waals surface area contributed by atoms with Gasteiger partial charge in [-0.25, -0.2) is 0 Å². The summed E-state index contributed by atoms with van der Waals surface area (Å²) in [5, 5.41) is 3.48. The van der Waals surface area contributed by atoms with Crippen LogP contribution >= 0.6 is 0 Å². The van der Waals surface area contributed by atoms with Crippen LogP contribution in [0.2, 0.25) is 0 Å². The summed E-state index contributed by atoms with van der Waals surface area (Å²) in [4.78, 5) is 0. The first-order valence-electron chi connectivity index (χ1n) is 6.01. The molecule has 1 aliphatic rings. The van der Waals surface area contributed by atoms with Gasteiger partial charge in [0, 0.05) is 18.3 Å². The second kappa shape index (κ2) is 6.88. The van der Waals surface area contributed by atoms with Crippen LogP contribution in [-0.4, -0.2) is 12.6 Å². The van der Waals surface area contributed by atoms with E-state index in [-0.39, 0.29) is 0 Å². The van der Waals surface area contributed by atoms with Gasteiger partial charge in [0.2, 0.25) is 0 Å². The van der Waals surface area contributed by atoms with Crippen molar-refractivity contribution in [1.29, 1.82) is 0 Å². The summed E-state index contributed by atoms with van der Waals surface area (Å²) >= 11 is 0. The highest BCUT2D eigenvalue weighted by molar-refractivity contribution is 5.00. The Balaban J connectivity index is 2.26. The molecule has 0 aromatic rings. The molecule has 0 radical (unpaired) electrons. The molecule has 2 nitrogen and oxygen atoms in total. The molecular formula is C12H24N2. The molecule has 0 amide bonds. The summed E-state index contributed by atoms with van der Waals surface area (Å²) in [7, 11) is 0. The number of nitrogens with one attached hydrogen (secondary N) is 1. The molecule has 1 unspecified atom stereocenters. The monoisotopic (exact) mass is 196 g/mol. The largest absolute Gasteiger partial charge is 0.387 e. The van der Waals surface area contributed by atoms with Gasteiger partial charge in [0.15, 0.2) is 0 Å². The number of rotatable bonds is 4. The molecule has 0 fully saturated rings. The molecular weight excluding hydrogens is 172 g/mol. The average molecular weight is 196 g/mol. The maximum absolute atomic E-state index is 5.87. The van der Waals surface area contributed by atoms with Crippen molar-refractivity contribution in [1.82, 2.24) is 5.32 Å². The maximum Gasteiger partial charge on any atom is 0.0295 e. The summed E-state index contributed by atoms with van der Waals surface area (Å²) in [6, 6.07) is 0.307. The molecule has 1 rings (SSSR count). The highest BCUT2D eigenvalue weighted by Crippen LogP contribution is 2.14. The van der Waals surface area contributed by atoms with Gasteiger partial charge in [0.1, 0.15) is 0 Å². The smallest absolute Gasteiger partial charge is 0.0295 e. The summed E-state index contributed by atoms with van der Waals surface area (Å²) in [5.41, 5.74) is 7.29. The highest BCUT2D eigenvalue weighted by atomic mass is 14.9. The summed E-state index contributed by atoms with van der Waals surface area (Å²) < 4.78 is 0. The number of hydrogen-bond donors (Lipinski definition) is 2. The Morgan fingerprint density at radius 1 is 1.36 bits per heavy atom. The van der Waals surface area contributed by atoms with Gasteiger partial charge in [0.25, 0.3) is 0 Å². The van der Waals surface area contributed by atoms with Crippen LogP contribution in [0.15, 0.2) is 11.8 Å². The lowest BCUT2D eigenvalue weighted by molar-refractivity contribution is 0.562. The van der Waals surface area contributed by atoms with Crippen molar-refractivity contribution in [2.24, 2.45) is 5.73 Å². The fourth-order valence-corrected chi connectivity index (χ4v) is 1.76. The van der Waals surface area contributed by atoms with Gasteiger partial charge in [-0.3, -0.25) is 0 Å². The van der Waals surface area contributed by atoms with Crippen LogP contribution in [0.1, 0.15) is 51.9 Å². The lowest BCUT2D eigenvalue weighted by Gasteiger charge is -2.16. The van der Waals surface area contributed by atoms with Crippen LogP contribution in [0.4, 0.5) is 0 Å². The van der Waals surface area contributed by atoms with Gasteiger partial charge < -0.3 is 11.1 Å². The van der Waals surface area contributed by atoms with E-state index in [4.69, 9.17) is 5.73 Å². The molecule has 1 atom stereocenters. The molecule has 0 aromatic carbocycles. The van der Waals surface area contributed by atoms with Crippen molar-refractivity contribution in [2.45, 2.75) is 57.9 Å². The van der Waals surface area contributed by atoms with E-state index in [0.717, 1.165) is 13.0 Å². The molecule has 0 saturated heterocycles. The zero-order chi connectivity index (χ0) is 10.2. The van der Waals surface area contributed by atoms with E-state index >= 15 is 0 Å². The van der Waals surface area contributed by atoms with E-state index in [1.807, 2.05) is 0 Å². The van der Waals surface area contributed by atoms with Crippen molar-refractivity contribution in [3.8, 4) is 0 Å². The van der Waals surface area contributed by atoms with Crippen LogP contribution in [0.3, 0.4) is 0 Å². The highest BCUT2D eigenvalue weighted by Gasteiger charge is 2.03. The molecule has 2 heteroatoms. The Hall–Kier alpha value is -0.500. The van der Waals surface area contributed by atoms with Gasteiger partial charge >= 0.3 is 0 Å². The van der Waals surface area contributed by atoms with Crippen LogP contribution in [0.25, 0.3) is 0 Å². The lowest BCUT2D eigenvalue weighted by atomic mass is 10.0. The second-order valence-electron chi connectivity index (χ2n) is 4.23. The van der Waals surface area contributed by atoms with E-state index < -0.39 is 0 Å². The van der Waals surface area contributed by atoms with Crippen molar-refractivity contribution in [2.75, 3.05) is 6.54 Å². The molecule has 0 bridgehead atoms. The molecule has 82 valence electrons. The van der Waals surface area contributed by atoms with E-state index in [0.29, 0.717) is 6.04 Å². The minimum atomic E-state index is 0.307. The van der Waals surface area contributed by atoms with Crippen molar-refractivity contribution >= 4 is 0 Å². The maximum atomic E-state index is 5.87. The van der Waals surface area contributed by atoms with Gasteiger partial charge in [-0.15, -0.1) is 0 Å². The molecule has 0 aromatic heterocycles. The third-order valence-corrected chi connectivity index (χ3v) is 2.91. The van der Waals surface area contributed by atoms with Crippen molar-refractivity contribution in [3.05, 3.63) is 11.8 Å². The Bertz CT molecular complexity index is 175. The van der Waals surface area contributed by atoms with Crippen LogP contribution in [0.5, 0.6) is 0 Å². The first-order chi connectivity index (χ1) is 6.83. The summed E-state index contributed by atoms with van der Waals surface area (Å²) in [5.74, 6) is 0. The van der Waals surface area contributed by atoms with E-state index in [1.54, 1.807) is 0 Å². The summed E-state index contributed by atoms with van der Waals surface area (Å²) in [6.07, 6.45) is 11.4. The zero-order valence-corrected chi connectivity index (χ0v) is 9.39. The number of nitrogens with two attached hydrogens (primary N) is 1. The molecule has 14 heavy (non-hydrogen) atoms. The van der Waals surface area contributed by atoms with Crippen LogP contribution < -0.4 is 11.1 Å². The number of hydrogen-bond acceptors (Lipinski definition) is 2. The summed E-state index contributed by atoms with van der Waals surface area (Å²) in [6.45, 7) is 3.07. The minimum Gasteiger partial charge on any atom is -0.387 e. The van der Waals surface area contributed by atoms with Gasteiger partial charge in [-0.05, 0) is 32.1 Å². The van der Waals surface area contributed by atoms with E-state index in [9.17, 15) is 0 Å². The Morgan fingerprint density at radius 3 is 2.93 bits per heavy atom. The Morgan fingerprint density at radius 2 is 2.14 bits per heavy atom. The molecule has 0 spiro atoms. The van der Waals surface area contributed by atoms with Crippen molar-refractivity contribution in [3.63, 3.8) is 0 Å². The normalized spacial score (nSPS) is 24.3. The number of allylic oxidation sites excluding steroid dienone is 2. The second-order valence-corrected chi connectivity index (χ2v) is 4.23. The molecule has 3 N–H and O–H groups in total. The standard InChI is InChI=1S/C12H24N2/c1-2-11(13)10-14-12-8-6-4-3-5-7-9-12/h8,11,14H,2-7,9-10,13H2,1H3/b12-8+. The van der Waals surface area contributed by atoms with E-state index in [1.165, 1.54) is 44.2 Å². The average Bonchev–Trinajstić information content (AvgIpc) is 2.15. The predicted molar refractivity (Wildman–Crippen MR) is 62.1 cm³/mol. The quantitative estimate of drug-likeness (QED) is 0.725. The molecule has 0 aliphatic heterocycles. The Kier molecular flexibility index (Phi) is 5.69. The SMILES string of the molecule is CCC(N)CN/C1=C/CCCCCC1. The van der Waals surface area contributed by atoms with Gasteiger partial charge in [0.05, 0.1) is 0 Å². The van der Waals surface area contributed by atoms with Gasteiger partial charge in [-0.1, -0.05) is 25.8 Å². The lowest BCUT2D eigenvalue weighted by Crippen LogP contribution is -2.32. The predicted octanol–water partition coefficient (Wildman–Crippen LogP) is 2.55. The Labute approximate surface area is 87.9 Å². The minimum absolute atomic E-state index is 0.307. The fourth-order valence-electron chi connectivity index (χ4n) is 1.76. The molecule has 1 aliphatic carbocycles. The van der Waals surface area contributed by atoms with Crippen molar-refractivity contribution < 1.29 is 0 Å². The molecule has 0 heterocycles. The zero-order valence-electron chi connectivity index (χ0n) is 9.39. The third kappa shape index (κ3) is 4.66. The fraction of sp³-hybridized carbons (Fsp3) is 0.833. The first kappa shape index (κ1) is 11.6. The van der Waals surface area contributed by atoms with Gasteiger partial charge in [-0.2, -0.15) is 0 Å². The van der Waals surface area contributed by atoms with Crippen LogP contribution in [0, 0.1) is 0 Å². The topological polar surface area (TPSA) is 38.0 Å². The molecule has 0 saturated carbocycles.